The third kappa shape index (κ3) is 28.5. The van der Waals surface area contributed by atoms with E-state index in [4.69, 9.17) is 0 Å². The normalized spacial score (nSPS) is 14.0. The Balaban J connectivity index is 0.000000446. The van der Waals surface area contributed by atoms with Crippen molar-refractivity contribution in [3.63, 3.8) is 0 Å². The SMILES string of the molecule is CC(C)(C)c1ccnc(-c2cc(C(C)(C)C)ccn2)c1.CC(C)(C)c1ccnc(-c2cc(C(C)(C)C)ccn2)c1.F[P-](F)(F)(F)(F)F.F[P-](F)(F)(F)(F)F.[Ru+2].c1ccc(-c2ccccn2)nc1. The molecule has 0 N–H and O–H groups in total. The Hall–Kier alpha value is -4.46. The van der Waals surface area contributed by atoms with Gasteiger partial charge in [0.1, 0.15) is 0 Å². The number of aromatic nitrogens is 6. The van der Waals surface area contributed by atoms with E-state index in [0.29, 0.717) is 0 Å². The zero-order valence-electron chi connectivity index (χ0n) is 39.0. The molecule has 21 heteroatoms. The third-order valence-electron chi connectivity index (χ3n) is 8.62. The summed E-state index contributed by atoms with van der Waals surface area (Å²) in [4.78, 5) is 26.3. The molecule has 0 amide bonds. The van der Waals surface area contributed by atoms with Crippen LogP contribution in [-0.2, 0) is 41.1 Å². The first-order chi connectivity index (χ1) is 29.2. The Labute approximate surface area is 397 Å². The molecule has 0 aliphatic carbocycles. The van der Waals surface area contributed by atoms with Crippen LogP contribution in [0.3, 0.4) is 0 Å². The molecule has 0 aromatic carbocycles. The van der Waals surface area contributed by atoms with Crippen molar-refractivity contribution in [3.8, 4) is 34.2 Å². The minimum atomic E-state index is -10.7. The first-order valence-electron chi connectivity index (χ1n) is 20.0. The molecule has 0 radical (unpaired) electrons. The second kappa shape index (κ2) is 20.3. The van der Waals surface area contributed by atoms with Crippen molar-refractivity contribution in [1.29, 1.82) is 0 Å². The first kappa shape index (κ1) is 60.6. The van der Waals surface area contributed by atoms with Crippen LogP contribution in [0.5, 0.6) is 0 Å². The van der Waals surface area contributed by atoms with Crippen LogP contribution < -0.4 is 0 Å². The summed E-state index contributed by atoms with van der Waals surface area (Å²) in [6, 6.07) is 28.5. The van der Waals surface area contributed by atoms with Crippen LogP contribution in [0, 0.1) is 0 Å². The van der Waals surface area contributed by atoms with E-state index in [-0.39, 0.29) is 41.1 Å². The van der Waals surface area contributed by atoms with Crippen LogP contribution in [0.4, 0.5) is 50.4 Å². The van der Waals surface area contributed by atoms with Crippen LogP contribution in [-0.4, -0.2) is 29.9 Å². The number of hydrogen-bond donors (Lipinski definition) is 0. The van der Waals surface area contributed by atoms with E-state index >= 15 is 0 Å². The maximum absolute atomic E-state index is 10.7. The summed E-state index contributed by atoms with van der Waals surface area (Å²) >= 11 is 0. The van der Waals surface area contributed by atoms with Gasteiger partial charge in [0.25, 0.3) is 0 Å². The van der Waals surface area contributed by atoms with Gasteiger partial charge >= 0.3 is 85.5 Å². The number of pyridine rings is 6. The molecule has 0 bridgehead atoms. The second-order valence-electron chi connectivity index (χ2n) is 19.1. The summed E-state index contributed by atoms with van der Waals surface area (Å²) in [5.41, 5.74) is 11.2. The summed E-state index contributed by atoms with van der Waals surface area (Å²) < 4.78 is 118. The minimum Gasteiger partial charge on any atom is -0.255 e. The molecular formula is C46H56F12N6P2Ru. The molecule has 0 atom stereocenters. The van der Waals surface area contributed by atoms with Gasteiger partial charge in [-0.15, -0.1) is 0 Å². The maximum Gasteiger partial charge on any atom is 2.00 e. The smallest absolute Gasteiger partial charge is 0.255 e. The van der Waals surface area contributed by atoms with Gasteiger partial charge in [0, 0.05) is 37.2 Å². The molecular weight excluding hydrogens is 1030 g/mol. The van der Waals surface area contributed by atoms with E-state index in [2.05, 4.69) is 162 Å². The van der Waals surface area contributed by atoms with E-state index in [9.17, 15) is 50.4 Å². The average molecular weight is 1080 g/mol. The molecule has 6 aromatic rings. The van der Waals surface area contributed by atoms with Gasteiger partial charge in [0.05, 0.1) is 34.2 Å². The summed E-state index contributed by atoms with van der Waals surface area (Å²) in [6.07, 6.45) is 11.0. The van der Waals surface area contributed by atoms with E-state index in [1.54, 1.807) is 12.4 Å². The van der Waals surface area contributed by atoms with Crippen LogP contribution in [0.25, 0.3) is 34.2 Å². The predicted octanol–water partition coefficient (Wildman–Crippen LogP) is 18.4. The van der Waals surface area contributed by atoms with Gasteiger partial charge < -0.3 is 0 Å². The second-order valence-corrected chi connectivity index (χ2v) is 22.9. The quantitative estimate of drug-likeness (QED) is 0.0998. The Morgan fingerprint density at radius 3 is 0.612 bits per heavy atom. The van der Waals surface area contributed by atoms with Gasteiger partial charge in [-0.2, -0.15) is 0 Å². The standard InChI is InChI=1S/2C18H24N2.C10H8N2.2F6P.Ru/c2*1-17(2,3)13-7-9-19-15(11-13)16-12-14(8-10-20-16)18(4,5)6;1-3-7-11-9(5-1)10-6-2-4-8-12-10;2*1-7(2,3,4,5)6;/h2*7-12H,1-6H3;1-8H;;;/q;;;2*-1;+2. The molecule has 0 saturated carbocycles. The number of rotatable bonds is 3. The Kier molecular flexibility index (Phi) is 18.3. The fourth-order valence-corrected chi connectivity index (χ4v) is 5.18. The molecule has 67 heavy (non-hydrogen) atoms. The summed E-state index contributed by atoms with van der Waals surface area (Å²) in [5, 5.41) is 0. The molecule has 372 valence electrons. The van der Waals surface area contributed by atoms with Crippen molar-refractivity contribution in [2.24, 2.45) is 0 Å². The van der Waals surface area contributed by atoms with E-state index in [1.807, 2.05) is 61.2 Å². The molecule has 0 fully saturated rings. The van der Waals surface area contributed by atoms with Crippen LogP contribution in [0.15, 0.2) is 122 Å². The van der Waals surface area contributed by atoms with Gasteiger partial charge in [-0.3, -0.25) is 29.9 Å². The van der Waals surface area contributed by atoms with Crippen molar-refractivity contribution in [3.05, 3.63) is 144 Å². The molecule has 0 unspecified atom stereocenters. The molecule has 0 spiro atoms. The Morgan fingerprint density at radius 1 is 0.284 bits per heavy atom. The molecule has 0 aliphatic heterocycles. The summed E-state index contributed by atoms with van der Waals surface area (Å²) in [7, 11) is -21.3. The largest absolute Gasteiger partial charge is 2.00 e. The van der Waals surface area contributed by atoms with E-state index in [0.717, 1.165) is 34.2 Å². The zero-order chi connectivity index (χ0) is 51.0. The number of hydrogen-bond acceptors (Lipinski definition) is 6. The van der Waals surface area contributed by atoms with Gasteiger partial charge in [-0.25, -0.2) is 0 Å². The number of halogens is 12. The maximum atomic E-state index is 9.87. The van der Waals surface area contributed by atoms with Gasteiger partial charge in [0.2, 0.25) is 0 Å². The minimum absolute atomic E-state index is 0. The van der Waals surface area contributed by atoms with Gasteiger partial charge in [-0.1, -0.05) is 95.2 Å². The van der Waals surface area contributed by atoms with Crippen LogP contribution in [0.2, 0.25) is 0 Å². The van der Waals surface area contributed by atoms with E-state index in [1.165, 1.54) is 22.3 Å². The van der Waals surface area contributed by atoms with Crippen molar-refractivity contribution in [1.82, 2.24) is 29.9 Å². The summed E-state index contributed by atoms with van der Waals surface area (Å²) in [5.74, 6) is 0. The van der Waals surface area contributed by atoms with Crippen molar-refractivity contribution >= 4 is 15.6 Å². The fourth-order valence-electron chi connectivity index (χ4n) is 5.18. The first-order valence-corrected chi connectivity index (χ1v) is 24.1. The topological polar surface area (TPSA) is 77.3 Å². The molecule has 0 aliphatic rings. The third-order valence-corrected chi connectivity index (χ3v) is 8.62. The molecule has 6 nitrogen and oxygen atoms in total. The fraction of sp³-hybridized carbons (Fsp3) is 0.348. The summed E-state index contributed by atoms with van der Waals surface area (Å²) in [6.45, 7) is 26.6. The van der Waals surface area contributed by atoms with Crippen molar-refractivity contribution < 1.29 is 69.8 Å². The van der Waals surface area contributed by atoms with Crippen LogP contribution in [0.1, 0.15) is 105 Å². The van der Waals surface area contributed by atoms with Crippen LogP contribution >= 0.6 is 15.6 Å². The van der Waals surface area contributed by atoms with Crippen molar-refractivity contribution in [2.75, 3.05) is 0 Å². The predicted molar refractivity (Wildman–Crippen MR) is 244 cm³/mol. The Morgan fingerprint density at radius 2 is 0.463 bits per heavy atom. The number of nitrogens with zero attached hydrogens (tertiary/aromatic N) is 6. The Bertz CT molecular complexity index is 2200. The average Bonchev–Trinajstić information content (AvgIpc) is 3.16. The van der Waals surface area contributed by atoms with Gasteiger partial charge in [-0.05, 0) is 117 Å². The molecule has 6 aromatic heterocycles. The zero-order valence-corrected chi connectivity index (χ0v) is 42.5. The molecule has 6 heterocycles. The van der Waals surface area contributed by atoms with E-state index < -0.39 is 15.6 Å². The van der Waals surface area contributed by atoms with Crippen molar-refractivity contribution in [2.45, 2.75) is 105 Å². The molecule has 6 rings (SSSR count). The monoisotopic (exact) mass is 1080 g/mol. The molecule has 0 saturated heterocycles. The van der Waals surface area contributed by atoms with Gasteiger partial charge in [0.15, 0.2) is 0 Å².